The van der Waals surface area contributed by atoms with E-state index in [2.05, 4.69) is 25.3 Å². The highest BCUT2D eigenvalue weighted by atomic mass is 35.5. The molecule has 1 aromatic carbocycles. The first-order valence-corrected chi connectivity index (χ1v) is 8.58. The summed E-state index contributed by atoms with van der Waals surface area (Å²) in [6.07, 6.45) is 5.68. The molecule has 0 fully saturated rings. The van der Waals surface area contributed by atoms with Gasteiger partial charge in [0.1, 0.15) is 16.5 Å². The molecule has 0 aliphatic rings. The second-order valence-electron chi connectivity index (χ2n) is 6.00. The van der Waals surface area contributed by atoms with E-state index in [4.69, 9.17) is 11.6 Å². The predicted octanol–water partition coefficient (Wildman–Crippen LogP) is 4.49. The minimum atomic E-state index is -0.862. The molecule has 3 aromatic heterocycles. The SMILES string of the molecule is Fc1cccc(CNc2ccc(Cc3c[nH]c4ncc(Cl)nc34)cn2)c1F. The number of nitrogens with zero attached hydrogens (tertiary/aromatic N) is 3. The second-order valence-corrected chi connectivity index (χ2v) is 6.39. The van der Waals surface area contributed by atoms with Crippen LogP contribution in [0.2, 0.25) is 5.15 Å². The molecule has 0 saturated carbocycles. The molecule has 0 saturated heterocycles. The molecule has 0 aliphatic heterocycles. The molecule has 136 valence electrons. The number of aromatic amines is 1. The minimum Gasteiger partial charge on any atom is -0.366 e. The quantitative estimate of drug-likeness (QED) is 0.531. The Kier molecular flexibility index (Phi) is 4.68. The highest BCUT2D eigenvalue weighted by Crippen LogP contribution is 2.20. The van der Waals surface area contributed by atoms with Crippen molar-refractivity contribution in [2.75, 3.05) is 5.32 Å². The monoisotopic (exact) mass is 385 g/mol. The third kappa shape index (κ3) is 3.73. The maximum absolute atomic E-state index is 13.7. The van der Waals surface area contributed by atoms with E-state index in [-0.39, 0.29) is 12.1 Å². The zero-order valence-electron chi connectivity index (χ0n) is 14.0. The van der Waals surface area contributed by atoms with E-state index in [9.17, 15) is 8.78 Å². The normalized spacial score (nSPS) is 11.1. The van der Waals surface area contributed by atoms with Crippen molar-refractivity contribution in [1.29, 1.82) is 0 Å². The Bertz CT molecular complexity index is 1100. The van der Waals surface area contributed by atoms with E-state index >= 15 is 0 Å². The first-order valence-electron chi connectivity index (χ1n) is 8.20. The number of benzene rings is 1. The summed E-state index contributed by atoms with van der Waals surface area (Å²) in [5, 5.41) is 3.33. The van der Waals surface area contributed by atoms with Crippen LogP contribution in [-0.4, -0.2) is 19.9 Å². The Morgan fingerprint density at radius 3 is 2.74 bits per heavy atom. The molecule has 2 N–H and O–H groups in total. The lowest BCUT2D eigenvalue weighted by atomic mass is 10.1. The number of nitrogens with one attached hydrogen (secondary N) is 2. The largest absolute Gasteiger partial charge is 0.366 e. The molecule has 0 amide bonds. The summed E-state index contributed by atoms with van der Waals surface area (Å²) in [4.78, 5) is 15.9. The number of pyridine rings is 1. The fourth-order valence-corrected chi connectivity index (χ4v) is 2.91. The number of aromatic nitrogens is 4. The molecule has 5 nitrogen and oxygen atoms in total. The summed E-state index contributed by atoms with van der Waals surface area (Å²) in [6.45, 7) is 0.145. The summed E-state index contributed by atoms with van der Waals surface area (Å²) in [5.41, 5.74) is 3.59. The third-order valence-corrected chi connectivity index (χ3v) is 4.32. The van der Waals surface area contributed by atoms with Gasteiger partial charge in [-0.1, -0.05) is 29.8 Å². The number of anilines is 1. The molecular formula is C19H14ClF2N5. The molecule has 0 aliphatic carbocycles. The fraction of sp³-hybridized carbons (Fsp3) is 0.105. The molecule has 0 atom stereocenters. The smallest absolute Gasteiger partial charge is 0.163 e. The van der Waals surface area contributed by atoms with Gasteiger partial charge >= 0.3 is 0 Å². The Morgan fingerprint density at radius 1 is 1.04 bits per heavy atom. The molecule has 3 heterocycles. The van der Waals surface area contributed by atoms with Crippen molar-refractivity contribution in [3.8, 4) is 0 Å². The van der Waals surface area contributed by atoms with Gasteiger partial charge in [-0.05, 0) is 17.7 Å². The number of H-pyrrole nitrogens is 1. The lowest BCUT2D eigenvalue weighted by molar-refractivity contribution is 0.500. The summed E-state index contributed by atoms with van der Waals surface area (Å²) >= 11 is 5.92. The summed E-state index contributed by atoms with van der Waals surface area (Å²) < 4.78 is 26.9. The van der Waals surface area contributed by atoms with E-state index in [1.54, 1.807) is 12.3 Å². The van der Waals surface area contributed by atoms with Crippen LogP contribution in [0.1, 0.15) is 16.7 Å². The van der Waals surface area contributed by atoms with Gasteiger partial charge in [0.15, 0.2) is 17.3 Å². The summed E-state index contributed by atoms with van der Waals surface area (Å²) in [6, 6.07) is 7.80. The van der Waals surface area contributed by atoms with Gasteiger partial charge in [-0.2, -0.15) is 0 Å². The molecule has 0 bridgehead atoms. The molecule has 0 spiro atoms. The number of hydrogen-bond donors (Lipinski definition) is 2. The van der Waals surface area contributed by atoms with Crippen molar-refractivity contribution in [1.82, 2.24) is 19.9 Å². The number of rotatable bonds is 5. The van der Waals surface area contributed by atoms with Crippen molar-refractivity contribution in [3.05, 3.63) is 82.4 Å². The molecule has 4 rings (SSSR count). The van der Waals surface area contributed by atoms with Crippen LogP contribution in [0.25, 0.3) is 11.2 Å². The zero-order chi connectivity index (χ0) is 18.8. The van der Waals surface area contributed by atoms with Crippen LogP contribution in [-0.2, 0) is 13.0 Å². The van der Waals surface area contributed by atoms with Crippen molar-refractivity contribution < 1.29 is 8.78 Å². The van der Waals surface area contributed by atoms with Gasteiger partial charge < -0.3 is 10.3 Å². The maximum atomic E-state index is 13.7. The molecule has 8 heteroatoms. The van der Waals surface area contributed by atoms with Crippen LogP contribution < -0.4 is 5.32 Å². The van der Waals surface area contributed by atoms with Gasteiger partial charge in [-0.15, -0.1) is 0 Å². The predicted molar refractivity (Wildman–Crippen MR) is 99.6 cm³/mol. The Labute approximate surface area is 158 Å². The van der Waals surface area contributed by atoms with Gasteiger partial charge in [0, 0.05) is 36.5 Å². The van der Waals surface area contributed by atoms with E-state index in [0.717, 1.165) is 22.7 Å². The number of halogens is 3. The molecule has 4 aromatic rings. The first kappa shape index (κ1) is 17.4. The topological polar surface area (TPSA) is 66.5 Å². The molecule has 0 unspecified atom stereocenters. The zero-order valence-corrected chi connectivity index (χ0v) is 14.8. The van der Waals surface area contributed by atoms with Crippen LogP contribution >= 0.6 is 11.6 Å². The molecule has 0 radical (unpaired) electrons. The van der Waals surface area contributed by atoms with E-state index in [1.807, 2.05) is 12.3 Å². The summed E-state index contributed by atoms with van der Waals surface area (Å²) in [5.74, 6) is -1.13. The van der Waals surface area contributed by atoms with Crippen molar-refractivity contribution >= 4 is 28.6 Å². The van der Waals surface area contributed by atoms with Gasteiger partial charge in [0.2, 0.25) is 0 Å². The second kappa shape index (κ2) is 7.28. The van der Waals surface area contributed by atoms with Crippen LogP contribution in [0.4, 0.5) is 14.6 Å². The number of hydrogen-bond acceptors (Lipinski definition) is 4. The lowest BCUT2D eigenvalue weighted by Gasteiger charge is -2.08. The number of fused-ring (bicyclic) bond motifs is 1. The van der Waals surface area contributed by atoms with Crippen molar-refractivity contribution in [2.24, 2.45) is 0 Å². The minimum absolute atomic E-state index is 0.145. The van der Waals surface area contributed by atoms with Crippen LogP contribution in [0, 0.1) is 11.6 Å². The Hall–Kier alpha value is -3.06. The standard InChI is InChI=1S/C19H14ClF2N5/c20-15-10-26-19-18(27-15)13(9-25-19)6-11-4-5-16(23-7-11)24-8-12-2-1-3-14(21)17(12)22/h1-5,7,9-10H,6,8H2,(H,23,24)(H,25,26). The van der Waals surface area contributed by atoms with Crippen molar-refractivity contribution in [3.63, 3.8) is 0 Å². The Morgan fingerprint density at radius 2 is 1.93 bits per heavy atom. The van der Waals surface area contributed by atoms with E-state index in [0.29, 0.717) is 23.0 Å². The van der Waals surface area contributed by atoms with Gasteiger partial charge in [0.25, 0.3) is 0 Å². The molecule has 27 heavy (non-hydrogen) atoms. The van der Waals surface area contributed by atoms with Crippen LogP contribution in [0.3, 0.4) is 0 Å². The van der Waals surface area contributed by atoms with Crippen LogP contribution in [0.15, 0.2) is 48.9 Å². The Balaban J connectivity index is 1.45. The van der Waals surface area contributed by atoms with Gasteiger partial charge in [0.05, 0.1) is 6.20 Å². The average molecular weight is 386 g/mol. The first-order chi connectivity index (χ1) is 13.1. The molecular weight excluding hydrogens is 372 g/mol. The highest BCUT2D eigenvalue weighted by Gasteiger charge is 2.09. The average Bonchev–Trinajstić information content (AvgIpc) is 3.06. The summed E-state index contributed by atoms with van der Waals surface area (Å²) in [7, 11) is 0. The van der Waals surface area contributed by atoms with Crippen LogP contribution in [0.5, 0.6) is 0 Å². The third-order valence-electron chi connectivity index (χ3n) is 4.14. The lowest BCUT2D eigenvalue weighted by Crippen LogP contribution is -2.04. The van der Waals surface area contributed by atoms with Crippen molar-refractivity contribution in [2.45, 2.75) is 13.0 Å². The maximum Gasteiger partial charge on any atom is 0.163 e. The van der Waals surface area contributed by atoms with Gasteiger partial charge in [-0.25, -0.2) is 23.7 Å². The highest BCUT2D eigenvalue weighted by molar-refractivity contribution is 6.29. The van der Waals surface area contributed by atoms with Gasteiger partial charge in [-0.3, -0.25) is 0 Å². The fourth-order valence-electron chi connectivity index (χ4n) is 2.78. The van der Waals surface area contributed by atoms with E-state index < -0.39 is 11.6 Å². The van der Waals surface area contributed by atoms with E-state index in [1.165, 1.54) is 18.3 Å².